The highest BCUT2D eigenvalue weighted by Gasteiger charge is 2.29. The van der Waals surface area contributed by atoms with Gasteiger partial charge in [-0.15, -0.1) is 0 Å². The van der Waals surface area contributed by atoms with Crippen molar-refractivity contribution in [2.45, 2.75) is 57.3 Å². The number of piperidine rings is 1. The van der Waals surface area contributed by atoms with Crippen molar-refractivity contribution >= 4 is 15.6 Å². The van der Waals surface area contributed by atoms with Crippen LogP contribution in [0.4, 0.5) is 0 Å². The zero-order valence-electron chi connectivity index (χ0n) is 12.8. The lowest BCUT2D eigenvalue weighted by Gasteiger charge is -2.22. The SMILES string of the molecule is CC(C)(C)S(=O)(=O)CCC(=O)CCOC1CCNCC1. The van der Waals surface area contributed by atoms with Gasteiger partial charge in [0.05, 0.1) is 23.2 Å². The normalized spacial score (nSPS) is 18.1. The summed E-state index contributed by atoms with van der Waals surface area (Å²) in [6, 6.07) is 0. The summed E-state index contributed by atoms with van der Waals surface area (Å²) >= 11 is 0. The number of nitrogens with one attached hydrogen (secondary N) is 1. The zero-order chi connectivity index (χ0) is 15.2. The molecule has 118 valence electrons. The van der Waals surface area contributed by atoms with Crippen LogP contribution < -0.4 is 5.32 Å². The van der Waals surface area contributed by atoms with Crippen LogP contribution in [0.1, 0.15) is 46.5 Å². The van der Waals surface area contributed by atoms with Gasteiger partial charge in [-0.05, 0) is 46.7 Å². The monoisotopic (exact) mass is 305 g/mol. The van der Waals surface area contributed by atoms with Crippen molar-refractivity contribution in [3.05, 3.63) is 0 Å². The largest absolute Gasteiger partial charge is 0.378 e. The zero-order valence-corrected chi connectivity index (χ0v) is 13.6. The van der Waals surface area contributed by atoms with Gasteiger partial charge in [0.2, 0.25) is 0 Å². The van der Waals surface area contributed by atoms with E-state index < -0.39 is 14.6 Å². The van der Waals surface area contributed by atoms with Crippen molar-refractivity contribution in [2.24, 2.45) is 0 Å². The molecule has 0 amide bonds. The molecule has 0 bridgehead atoms. The van der Waals surface area contributed by atoms with Gasteiger partial charge in [-0.1, -0.05) is 0 Å². The molecule has 0 aromatic carbocycles. The van der Waals surface area contributed by atoms with Gasteiger partial charge in [-0.25, -0.2) is 8.42 Å². The van der Waals surface area contributed by atoms with Gasteiger partial charge in [0.25, 0.3) is 0 Å². The van der Waals surface area contributed by atoms with Gasteiger partial charge in [0, 0.05) is 12.8 Å². The Bertz CT molecular complexity index is 405. The van der Waals surface area contributed by atoms with Crippen molar-refractivity contribution in [2.75, 3.05) is 25.4 Å². The molecule has 1 fully saturated rings. The summed E-state index contributed by atoms with van der Waals surface area (Å²) in [4.78, 5) is 11.7. The first-order valence-corrected chi connectivity index (χ1v) is 8.94. The predicted octanol–water partition coefficient (Wildman–Crippen LogP) is 1.32. The Morgan fingerprint density at radius 3 is 2.35 bits per heavy atom. The molecule has 0 saturated carbocycles. The molecule has 5 nitrogen and oxygen atoms in total. The quantitative estimate of drug-likeness (QED) is 0.768. The van der Waals surface area contributed by atoms with E-state index in [1.807, 2.05) is 0 Å². The second-order valence-corrected chi connectivity index (χ2v) is 9.15. The Hall–Kier alpha value is -0.460. The molecule has 1 N–H and O–H groups in total. The van der Waals surface area contributed by atoms with Gasteiger partial charge in [0.15, 0.2) is 9.84 Å². The highest BCUT2D eigenvalue weighted by Crippen LogP contribution is 2.17. The number of hydrogen-bond acceptors (Lipinski definition) is 5. The molecular weight excluding hydrogens is 278 g/mol. The van der Waals surface area contributed by atoms with Crippen LogP contribution in [0.25, 0.3) is 0 Å². The van der Waals surface area contributed by atoms with Crippen molar-refractivity contribution in [1.29, 1.82) is 0 Å². The summed E-state index contributed by atoms with van der Waals surface area (Å²) in [5.74, 6) is -0.102. The number of carbonyl (C=O) groups excluding carboxylic acids is 1. The number of sulfone groups is 1. The van der Waals surface area contributed by atoms with Gasteiger partial charge < -0.3 is 10.1 Å². The van der Waals surface area contributed by atoms with E-state index in [1.165, 1.54) is 0 Å². The molecule has 0 radical (unpaired) electrons. The molecule has 0 spiro atoms. The molecular formula is C14H27NO4S. The van der Waals surface area contributed by atoms with Crippen molar-refractivity contribution in [1.82, 2.24) is 5.32 Å². The summed E-state index contributed by atoms with van der Waals surface area (Å²) in [7, 11) is -3.21. The second-order valence-electron chi connectivity index (χ2n) is 6.29. The molecule has 0 aliphatic carbocycles. The Morgan fingerprint density at radius 1 is 1.20 bits per heavy atom. The number of rotatable bonds is 7. The van der Waals surface area contributed by atoms with Gasteiger partial charge in [-0.3, -0.25) is 4.79 Å². The second kappa shape index (κ2) is 7.52. The fourth-order valence-corrected chi connectivity index (χ4v) is 3.09. The summed E-state index contributed by atoms with van der Waals surface area (Å²) < 4.78 is 28.6. The van der Waals surface area contributed by atoms with Crippen LogP contribution in [0, 0.1) is 0 Å². The van der Waals surface area contributed by atoms with E-state index in [-0.39, 0.29) is 24.1 Å². The molecule has 1 aliphatic heterocycles. The minimum absolute atomic E-state index is 0.0354. The molecule has 6 heteroatoms. The van der Waals surface area contributed by atoms with E-state index in [4.69, 9.17) is 4.74 Å². The minimum Gasteiger partial charge on any atom is -0.378 e. The molecule has 0 atom stereocenters. The summed E-state index contributed by atoms with van der Waals surface area (Å²) in [6.07, 6.45) is 2.60. The molecule has 1 heterocycles. The van der Waals surface area contributed by atoms with E-state index in [1.54, 1.807) is 20.8 Å². The van der Waals surface area contributed by atoms with Crippen molar-refractivity contribution in [3.63, 3.8) is 0 Å². The summed E-state index contributed by atoms with van der Waals surface area (Å²) in [6.45, 7) is 7.30. The molecule has 1 rings (SSSR count). The molecule has 0 aromatic rings. The number of ketones is 1. The fraction of sp³-hybridized carbons (Fsp3) is 0.929. The lowest BCUT2D eigenvalue weighted by atomic mass is 10.1. The standard InChI is InChI=1S/C14H27NO4S/c1-14(2,3)20(17,18)11-7-12(16)6-10-19-13-4-8-15-9-5-13/h13,15H,4-11H2,1-3H3. The average Bonchev–Trinajstić information content (AvgIpc) is 2.36. The number of hydrogen-bond donors (Lipinski definition) is 1. The summed E-state index contributed by atoms with van der Waals surface area (Å²) in [5, 5.41) is 3.25. The van der Waals surface area contributed by atoms with E-state index in [2.05, 4.69) is 5.32 Å². The van der Waals surface area contributed by atoms with Gasteiger partial charge in [-0.2, -0.15) is 0 Å². The van der Waals surface area contributed by atoms with Crippen molar-refractivity contribution in [3.8, 4) is 0 Å². The van der Waals surface area contributed by atoms with Crippen LogP contribution >= 0.6 is 0 Å². The predicted molar refractivity (Wildman–Crippen MR) is 79.6 cm³/mol. The van der Waals surface area contributed by atoms with Crippen LogP contribution in [0.5, 0.6) is 0 Å². The fourth-order valence-electron chi connectivity index (χ4n) is 1.98. The van der Waals surface area contributed by atoms with Crippen LogP contribution in [-0.4, -0.2) is 50.5 Å². The molecule has 20 heavy (non-hydrogen) atoms. The number of carbonyl (C=O) groups is 1. The van der Waals surface area contributed by atoms with Crippen LogP contribution in [0.15, 0.2) is 0 Å². The first-order valence-electron chi connectivity index (χ1n) is 7.29. The first-order chi connectivity index (χ1) is 9.22. The molecule has 1 saturated heterocycles. The summed E-state index contributed by atoms with van der Waals surface area (Å²) in [5.41, 5.74) is 0. The maximum Gasteiger partial charge on any atom is 0.155 e. The average molecular weight is 305 g/mol. The molecule has 0 unspecified atom stereocenters. The lowest BCUT2D eigenvalue weighted by Crippen LogP contribution is -2.33. The topological polar surface area (TPSA) is 72.5 Å². The third kappa shape index (κ3) is 5.89. The Kier molecular flexibility index (Phi) is 6.61. The minimum atomic E-state index is -3.21. The Balaban J connectivity index is 2.20. The van der Waals surface area contributed by atoms with Crippen LogP contribution in [0.2, 0.25) is 0 Å². The third-order valence-corrected chi connectivity index (χ3v) is 6.21. The van der Waals surface area contributed by atoms with Crippen LogP contribution in [0.3, 0.4) is 0 Å². The highest BCUT2D eigenvalue weighted by molar-refractivity contribution is 7.92. The van der Waals surface area contributed by atoms with E-state index in [0.29, 0.717) is 13.0 Å². The third-order valence-electron chi connectivity index (χ3n) is 3.60. The smallest absolute Gasteiger partial charge is 0.155 e. The van der Waals surface area contributed by atoms with E-state index >= 15 is 0 Å². The highest BCUT2D eigenvalue weighted by atomic mass is 32.2. The maximum atomic E-state index is 11.9. The maximum absolute atomic E-state index is 11.9. The van der Waals surface area contributed by atoms with Crippen LogP contribution in [-0.2, 0) is 19.4 Å². The van der Waals surface area contributed by atoms with Gasteiger partial charge in [0.1, 0.15) is 5.78 Å². The van der Waals surface area contributed by atoms with E-state index in [9.17, 15) is 13.2 Å². The van der Waals surface area contributed by atoms with Crippen molar-refractivity contribution < 1.29 is 17.9 Å². The van der Waals surface area contributed by atoms with E-state index in [0.717, 1.165) is 25.9 Å². The first kappa shape index (κ1) is 17.6. The lowest BCUT2D eigenvalue weighted by molar-refractivity contribution is -0.120. The molecule has 1 aliphatic rings. The Labute approximate surface area is 122 Å². The Morgan fingerprint density at radius 2 is 1.80 bits per heavy atom. The number of ether oxygens (including phenoxy) is 1. The number of Topliss-reactive ketones (excluding diaryl/α,β-unsaturated/α-hetero) is 1. The van der Waals surface area contributed by atoms with Gasteiger partial charge >= 0.3 is 0 Å². The molecule has 0 aromatic heterocycles.